The number of carbonyl (C=O) groups is 2. The molecule has 40 heavy (non-hydrogen) atoms. The van der Waals surface area contributed by atoms with Crippen molar-refractivity contribution in [3.8, 4) is 11.1 Å². The number of fused-ring (bicyclic) bond motifs is 1. The molecule has 7 nitrogen and oxygen atoms in total. The highest BCUT2D eigenvalue weighted by Crippen LogP contribution is 2.37. The highest BCUT2D eigenvalue weighted by Gasteiger charge is 2.24. The van der Waals surface area contributed by atoms with Crippen LogP contribution < -0.4 is 0 Å². The smallest absolute Gasteiger partial charge is 0.352 e. The van der Waals surface area contributed by atoms with E-state index in [1.54, 1.807) is 25.4 Å². The fourth-order valence-corrected chi connectivity index (χ4v) is 5.08. The number of hydrogen-bond donors (Lipinski definition) is 2. The number of ether oxygens (including phenoxy) is 1. The van der Waals surface area contributed by atoms with Gasteiger partial charge in [0.1, 0.15) is 17.3 Å². The van der Waals surface area contributed by atoms with Crippen molar-refractivity contribution in [1.82, 2.24) is 9.88 Å². The quantitative estimate of drug-likeness (QED) is 0.103. The zero-order chi connectivity index (χ0) is 30.0. The van der Waals surface area contributed by atoms with E-state index in [4.69, 9.17) is 4.74 Å². The Morgan fingerprint density at radius 3 is 2.50 bits per heavy atom. The lowest BCUT2D eigenvalue weighted by Crippen LogP contribution is -2.35. The number of aromatic amines is 1. The van der Waals surface area contributed by atoms with Crippen LogP contribution in [0.1, 0.15) is 47.4 Å². The number of carbonyl (C=O) groups excluding carboxylic acids is 1. The maximum Gasteiger partial charge on any atom is 0.352 e. The van der Waals surface area contributed by atoms with Gasteiger partial charge in [0, 0.05) is 35.7 Å². The molecule has 2 aromatic carbocycles. The Labute approximate surface area is 243 Å². The van der Waals surface area contributed by atoms with E-state index in [2.05, 4.69) is 35.4 Å². The molecule has 2 N–H and O–H groups in total. The van der Waals surface area contributed by atoms with Crippen LogP contribution in [0.5, 0.6) is 0 Å². The van der Waals surface area contributed by atoms with Crippen LogP contribution in [0.4, 0.5) is 4.39 Å². The molecular formula is C30H42FN3O4PS+. The van der Waals surface area contributed by atoms with Gasteiger partial charge in [-0.25, -0.2) is 9.18 Å². The number of allylic oxidation sites excluding steroid dienone is 1. The Balaban J connectivity index is 0.00000274. The van der Waals surface area contributed by atoms with Crippen molar-refractivity contribution in [3.05, 3.63) is 71.0 Å². The van der Waals surface area contributed by atoms with Crippen LogP contribution in [0.2, 0.25) is 0 Å². The normalized spacial score (nSPS) is 12.5. The van der Waals surface area contributed by atoms with Crippen LogP contribution in [0.3, 0.4) is 0 Å². The number of aromatic nitrogens is 1. The number of para-hydroxylation sites is 1. The van der Waals surface area contributed by atoms with Crippen LogP contribution in [0.15, 0.2) is 48.4 Å². The zero-order valence-corrected chi connectivity index (χ0v) is 26.4. The van der Waals surface area contributed by atoms with Crippen LogP contribution >= 0.6 is 21.0 Å². The van der Waals surface area contributed by atoms with E-state index in [0.717, 1.165) is 29.4 Å². The van der Waals surface area contributed by atoms with Gasteiger partial charge >= 0.3 is 5.97 Å². The zero-order valence-electron chi connectivity index (χ0n) is 24.5. The number of nitrogens with one attached hydrogen (secondary N) is 1. The van der Waals surface area contributed by atoms with Crippen molar-refractivity contribution in [1.29, 1.82) is 0 Å². The number of amides is 1. The molecule has 2 unspecified atom stereocenters. The highest BCUT2D eigenvalue weighted by atomic mass is 32.2. The fourth-order valence-electron chi connectivity index (χ4n) is 4.53. The van der Waals surface area contributed by atoms with Crippen molar-refractivity contribution in [2.24, 2.45) is 0 Å². The second-order valence-corrected chi connectivity index (χ2v) is 11.2. The number of quaternary nitrogens is 1. The highest BCUT2D eigenvalue weighted by molar-refractivity contribution is 7.97. The number of nitrogens with zero attached hydrogens (tertiary/aromatic N) is 2. The molecule has 1 heterocycles. The third kappa shape index (κ3) is 8.32. The summed E-state index contributed by atoms with van der Waals surface area (Å²) in [6.07, 6.45) is 5.92. The summed E-state index contributed by atoms with van der Waals surface area (Å²) < 4.78 is 21.2. The van der Waals surface area contributed by atoms with E-state index < -0.39 is 12.0 Å². The lowest BCUT2D eigenvalue weighted by molar-refractivity contribution is -0.870. The van der Waals surface area contributed by atoms with Crippen molar-refractivity contribution < 1.29 is 28.3 Å². The summed E-state index contributed by atoms with van der Waals surface area (Å²) in [5.74, 6) is -0.304. The van der Waals surface area contributed by atoms with Crippen LogP contribution in [-0.4, -0.2) is 79.6 Å². The van der Waals surface area contributed by atoms with E-state index >= 15 is 0 Å². The molecule has 0 saturated carbocycles. The van der Waals surface area contributed by atoms with Crippen molar-refractivity contribution in [2.45, 2.75) is 31.6 Å². The number of hydrogen-bond acceptors (Lipinski definition) is 4. The van der Waals surface area contributed by atoms with Crippen LogP contribution in [-0.2, 0) is 15.3 Å². The van der Waals surface area contributed by atoms with Crippen molar-refractivity contribution >= 4 is 44.3 Å². The molecule has 0 radical (unpaired) electrons. The monoisotopic (exact) mass is 590 g/mol. The van der Waals surface area contributed by atoms with Crippen molar-refractivity contribution in [2.75, 3.05) is 47.7 Å². The van der Waals surface area contributed by atoms with E-state index in [0.29, 0.717) is 45.5 Å². The van der Waals surface area contributed by atoms with Gasteiger partial charge in [-0.15, -0.1) is 9.24 Å². The number of methoxy groups -OCH3 is 1. The van der Waals surface area contributed by atoms with E-state index in [1.165, 1.54) is 22.7 Å². The predicted octanol–water partition coefficient (Wildman–Crippen LogP) is 6.52. The number of rotatable bonds is 13. The first kappa shape index (κ1) is 33.3. The average Bonchev–Trinajstić information content (AvgIpc) is 3.32. The third-order valence-electron chi connectivity index (χ3n) is 6.55. The summed E-state index contributed by atoms with van der Waals surface area (Å²) >= 11 is 1.52. The molecule has 0 aliphatic rings. The minimum atomic E-state index is -1.14. The molecule has 0 aliphatic carbocycles. The summed E-state index contributed by atoms with van der Waals surface area (Å²) in [7, 11) is 10.4. The fraction of sp³-hybridized carbons (Fsp3) is 0.400. The number of carboxylic acid groups (broad SMARTS) is 1. The molecule has 0 bridgehead atoms. The number of H-pyrrole nitrogens is 1. The molecule has 3 aromatic rings. The third-order valence-corrected chi connectivity index (χ3v) is 7.15. The molecule has 1 amide bonds. The molecule has 0 aliphatic heterocycles. The Hall–Kier alpha value is -2.87. The standard InChI is InChI=1S/C29H36FN3O4S.CH5P/c1-19(32(18-34)16-22(37-5)9-8-14-33(2,3)4)23-10-7-11-24-26(28(29(35)36)31-27(23)24)20-12-13-21(17-38-6)25(30)15-20;1-2/h7,10-13,15-16,18-19,31H,8-9,14,17H2,1-6H3;2H2,1H3/p+1/b22-16-;. The number of thioether (sulfide) groups is 1. The first-order valence-corrected chi connectivity index (χ1v) is 15.6. The van der Waals surface area contributed by atoms with Gasteiger partial charge in [-0.05, 0) is 35.9 Å². The minimum Gasteiger partial charge on any atom is -0.500 e. The van der Waals surface area contributed by atoms with E-state index in [-0.39, 0.29) is 11.5 Å². The lowest BCUT2D eigenvalue weighted by Gasteiger charge is -2.25. The van der Waals surface area contributed by atoms with Gasteiger partial charge < -0.3 is 24.2 Å². The SMILES string of the molecule is CO/C(=C\N(C=O)C(C)c1cccc2c(-c3ccc(CSC)c(F)c3)c(C(=O)O)[nH]c12)CCC[N+](C)(C)C.CP. The molecule has 0 spiro atoms. The van der Waals surface area contributed by atoms with Gasteiger partial charge in [-0.1, -0.05) is 37.0 Å². The average molecular weight is 591 g/mol. The first-order chi connectivity index (χ1) is 19.0. The molecular weight excluding hydrogens is 548 g/mol. The van der Waals surface area contributed by atoms with Gasteiger partial charge in [-0.3, -0.25) is 4.79 Å². The molecule has 3 rings (SSSR count). The van der Waals surface area contributed by atoms with Gasteiger partial charge in [0.05, 0.1) is 46.4 Å². The lowest BCUT2D eigenvalue weighted by atomic mass is 9.97. The summed E-state index contributed by atoms with van der Waals surface area (Å²) in [4.78, 5) is 28.9. The number of halogens is 1. The Bertz CT molecular complexity index is 1340. The number of aromatic carboxylic acids is 1. The predicted molar refractivity (Wildman–Crippen MR) is 167 cm³/mol. The molecule has 218 valence electrons. The summed E-state index contributed by atoms with van der Waals surface area (Å²) in [5.41, 5.74) is 2.76. The largest absolute Gasteiger partial charge is 0.500 e. The molecule has 2 atom stereocenters. The van der Waals surface area contributed by atoms with Gasteiger partial charge in [0.2, 0.25) is 6.41 Å². The Morgan fingerprint density at radius 2 is 1.95 bits per heavy atom. The molecule has 1 aromatic heterocycles. The first-order valence-electron chi connectivity index (χ1n) is 13.0. The Kier molecular flexibility index (Phi) is 12.7. The number of benzene rings is 2. The topological polar surface area (TPSA) is 82.6 Å². The van der Waals surface area contributed by atoms with Crippen LogP contribution in [0.25, 0.3) is 22.0 Å². The molecule has 10 heteroatoms. The van der Waals surface area contributed by atoms with Gasteiger partial charge in [0.15, 0.2) is 0 Å². The van der Waals surface area contributed by atoms with Crippen LogP contribution in [0, 0.1) is 5.82 Å². The summed E-state index contributed by atoms with van der Waals surface area (Å²) in [6, 6.07) is 9.90. The van der Waals surface area contributed by atoms with E-state index in [9.17, 15) is 19.1 Å². The minimum absolute atomic E-state index is 0.0252. The van der Waals surface area contributed by atoms with Crippen molar-refractivity contribution in [3.63, 3.8) is 0 Å². The van der Waals surface area contributed by atoms with Gasteiger partial charge in [0.25, 0.3) is 0 Å². The molecule has 0 fully saturated rings. The summed E-state index contributed by atoms with van der Waals surface area (Å²) in [6.45, 7) is 4.75. The van der Waals surface area contributed by atoms with E-state index in [1.807, 2.05) is 38.0 Å². The molecule has 0 saturated heterocycles. The van der Waals surface area contributed by atoms with Gasteiger partial charge in [-0.2, -0.15) is 11.8 Å². The maximum absolute atomic E-state index is 14.8. The second-order valence-electron chi connectivity index (χ2n) is 10.3. The number of carboxylic acids is 1. The second kappa shape index (κ2) is 15.2. The summed E-state index contributed by atoms with van der Waals surface area (Å²) in [5, 5.41) is 10.6. The Morgan fingerprint density at radius 1 is 1.25 bits per heavy atom. The maximum atomic E-state index is 14.8.